The smallest absolute Gasteiger partial charge is 0.147 e. The van der Waals surface area contributed by atoms with Gasteiger partial charge in [-0.15, -0.1) is 0 Å². The van der Waals surface area contributed by atoms with E-state index in [9.17, 15) is 0 Å². The lowest BCUT2D eigenvalue weighted by Gasteiger charge is -2.20. The summed E-state index contributed by atoms with van der Waals surface area (Å²) in [6.07, 6.45) is -0.460. The van der Waals surface area contributed by atoms with Gasteiger partial charge in [0.25, 0.3) is 0 Å². The highest BCUT2D eigenvalue weighted by molar-refractivity contribution is 5.39. The lowest BCUT2D eigenvalue weighted by atomic mass is 10.1. The third-order valence-corrected chi connectivity index (χ3v) is 2.40. The van der Waals surface area contributed by atoms with Crippen LogP contribution in [0.4, 0.5) is 0 Å². The van der Waals surface area contributed by atoms with Gasteiger partial charge in [0, 0.05) is 6.54 Å². The lowest BCUT2D eigenvalue weighted by Crippen LogP contribution is -2.36. The van der Waals surface area contributed by atoms with E-state index in [1.807, 2.05) is 39.0 Å². The third kappa shape index (κ3) is 3.83. The number of para-hydroxylation sites is 1. The van der Waals surface area contributed by atoms with E-state index in [4.69, 9.17) is 9.84 Å². The zero-order valence-electron chi connectivity index (χ0n) is 10.4. The minimum atomic E-state index is -0.357. The molecule has 2 atom stereocenters. The number of ether oxygens (including phenoxy) is 1. The summed E-state index contributed by atoms with van der Waals surface area (Å²) in [5, 5.41) is 12.3. The Balaban J connectivity index is 2.59. The van der Waals surface area contributed by atoms with Crippen molar-refractivity contribution in [2.24, 2.45) is 0 Å². The molecule has 16 heavy (non-hydrogen) atoms. The Hall–Kier alpha value is -1.06. The summed E-state index contributed by atoms with van der Waals surface area (Å²) in [6.45, 7) is 8.28. The third-order valence-electron chi connectivity index (χ3n) is 2.40. The molecule has 1 unspecified atom stereocenters. The van der Waals surface area contributed by atoms with Crippen LogP contribution in [0, 0.1) is 13.8 Å². The van der Waals surface area contributed by atoms with Crippen molar-refractivity contribution in [3.8, 4) is 5.75 Å². The summed E-state index contributed by atoms with van der Waals surface area (Å²) < 4.78 is 5.80. The first kappa shape index (κ1) is 13.0. The average molecular weight is 223 g/mol. The Morgan fingerprint density at radius 1 is 1.25 bits per heavy atom. The lowest BCUT2D eigenvalue weighted by molar-refractivity contribution is 0.136. The van der Waals surface area contributed by atoms with Gasteiger partial charge in [0.15, 0.2) is 0 Å². The zero-order valence-corrected chi connectivity index (χ0v) is 10.4. The second kappa shape index (κ2) is 5.87. The minimum Gasteiger partial charge on any atom is -0.475 e. The van der Waals surface area contributed by atoms with Crippen molar-refractivity contribution in [1.82, 2.24) is 5.32 Å². The summed E-state index contributed by atoms with van der Waals surface area (Å²) >= 11 is 0. The molecule has 3 heteroatoms. The minimum absolute atomic E-state index is 0.102. The van der Waals surface area contributed by atoms with Crippen molar-refractivity contribution >= 4 is 0 Å². The topological polar surface area (TPSA) is 41.5 Å². The molecule has 0 heterocycles. The van der Waals surface area contributed by atoms with Crippen LogP contribution < -0.4 is 10.1 Å². The van der Waals surface area contributed by atoms with Crippen molar-refractivity contribution in [2.45, 2.75) is 40.0 Å². The standard InChI is InChI=1S/C13H21NO2/c1-9-6-5-7-10(2)13(9)16-12(4)14-8-11(3)15/h5-7,11-12,14-15H,8H2,1-4H3/t11-,12?/m1/s1. The number of aliphatic hydroxyl groups is 1. The molecule has 0 aliphatic heterocycles. The SMILES string of the molecule is Cc1cccc(C)c1OC(C)NC[C@@H](C)O. The first-order chi connectivity index (χ1) is 7.50. The monoisotopic (exact) mass is 223 g/mol. The van der Waals surface area contributed by atoms with Crippen molar-refractivity contribution in [1.29, 1.82) is 0 Å². The molecule has 0 radical (unpaired) electrons. The molecular weight excluding hydrogens is 202 g/mol. The Morgan fingerprint density at radius 3 is 2.31 bits per heavy atom. The summed E-state index contributed by atoms with van der Waals surface area (Å²) in [6, 6.07) is 6.08. The highest BCUT2D eigenvalue weighted by atomic mass is 16.5. The van der Waals surface area contributed by atoms with Crippen LogP contribution >= 0.6 is 0 Å². The van der Waals surface area contributed by atoms with Gasteiger partial charge in [-0.2, -0.15) is 0 Å². The maximum Gasteiger partial charge on any atom is 0.147 e. The molecule has 0 bridgehead atoms. The largest absolute Gasteiger partial charge is 0.475 e. The van der Waals surface area contributed by atoms with Crippen molar-refractivity contribution in [2.75, 3.05) is 6.54 Å². The van der Waals surface area contributed by atoms with E-state index in [0.29, 0.717) is 6.54 Å². The molecule has 0 aromatic heterocycles. The number of benzene rings is 1. The van der Waals surface area contributed by atoms with Gasteiger partial charge in [-0.3, -0.25) is 5.32 Å². The second-order valence-electron chi connectivity index (χ2n) is 4.24. The molecule has 0 saturated carbocycles. The first-order valence-electron chi connectivity index (χ1n) is 5.65. The van der Waals surface area contributed by atoms with Gasteiger partial charge in [0.2, 0.25) is 0 Å². The van der Waals surface area contributed by atoms with Crippen LogP contribution in [0.5, 0.6) is 5.75 Å². The van der Waals surface area contributed by atoms with Gasteiger partial charge in [-0.1, -0.05) is 18.2 Å². The van der Waals surface area contributed by atoms with Crippen LogP contribution in [0.2, 0.25) is 0 Å². The Morgan fingerprint density at radius 2 is 1.81 bits per heavy atom. The fraction of sp³-hybridized carbons (Fsp3) is 0.538. The molecule has 1 aromatic rings. The summed E-state index contributed by atoms with van der Waals surface area (Å²) in [4.78, 5) is 0. The molecule has 1 aromatic carbocycles. The molecule has 0 amide bonds. The Labute approximate surface area is 97.4 Å². The van der Waals surface area contributed by atoms with Gasteiger partial charge >= 0.3 is 0 Å². The number of nitrogens with one attached hydrogen (secondary N) is 1. The van der Waals surface area contributed by atoms with E-state index in [2.05, 4.69) is 5.32 Å². The second-order valence-corrected chi connectivity index (χ2v) is 4.24. The molecule has 0 fully saturated rings. The number of aliphatic hydroxyl groups excluding tert-OH is 1. The molecule has 3 nitrogen and oxygen atoms in total. The fourth-order valence-electron chi connectivity index (χ4n) is 1.54. The van der Waals surface area contributed by atoms with Crippen LogP contribution in [0.25, 0.3) is 0 Å². The summed E-state index contributed by atoms with van der Waals surface area (Å²) in [7, 11) is 0. The maximum atomic E-state index is 9.16. The molecule has 1 rings (SSSR count). The van der Waals surface area contributed by atoms with Gasteiger partial charge in [0.05, 0.1) is 6.10 Å². The number of rotatable bonds is 5. The van der Waals surface area contributed by atoms with E-state index in [1.54, 1.807) is 6.92 Å². The molecule has 2 N–H and O–H groups in total. The van der Waals surface area contributed by atoms with Crippen LogP contribution in [0.3, 0.4) is 0 Å². The number of hydrogen-bond donors (Lipinski definition) is 2. The van der Waals surface area contributed by atoms with E-state index < -0.39 is 0 Å². The number of hydrogen-bond acceptors (Lipinski definition) is 3. The van der Waals surface area contributed by atoms with Gasteiger partial charge < -0.3 is 9.84 Å². The van der Waals surface area contributed by atoms with Gasteiger partial charge in [-0.25, -0.2) is 0 Å². The summed E-state index contributed by atoms with van der Waals surface area (Å²) in [5.74, 6) is 0.924. The maximum absolute atomic E-state index is 9.16. The molecule has 0 aliphatic carbocycles. The van der Waals surface area contributed by atoms with E-state index >= 15 is 0 Å². The average Bonchev–Trinajstić information content (AvgIpc) is 2.21. The predicted octanol–water partition coefficient (Wildman–Crippen LogP) is 2.00. The van der Waals surface area contributed by atoms with Crippen LogP contribution in [0.15, 0.2) is 18.2 Å². The normalized spacial score (nSPS) is 14.6. The predicted molar refractivity (Wildman–Crippen MR) is 65.7 cm³/mol. The van der Waals surface area contributed by atoms with E-state index in [0.717, 1.165) is 16.9 Å². The quantitative estimate of drug-likeness (QED) is 0.750. The molecular formula is C13H21NO2. The van der Waals surface area contributed by atoms with Gasteiger partial charge in [-0.05, 0) is 38.8 Å². The molecule has 0 aliphatic rings. The van der Waals surface area contributed by atoms with E-state index in [1.165, 1.54) is 0 Å². The Bertz CT molecular complexity index is 316. The van der Waals surface area contributed by atoms with E-state index in [-0.39, 0.29) is 12.3 Å². The van der Waals surface area contributed by atoms with Crippen LogP contribution in [-0.4, -0.2) is 24.0 Å². The molecule has 0 spiro atoms. The molecule has 0 saturated heterocycles. The van der Waals surface area contributed by atoms with Crippen molar-refractivity contribution in [3.63, 3.8) is 0 Å². The van der Waals surface area contributed by atoms with Gasteiger partial charge in [0.1, 0.15) is 12.0 Å². The van der Waals surface area contributed by atoms with Crippen LogP contribution in [0.1, 0.15) is 25.0 Å². The highest BCUT2D eigenvalue weighted by Crippen LogP contribution is 2.22. The number of aryl methyl sites for hydroxylation is 2. The Kier molecular flexibility index (Phi) is 4.77. The highest BCUT2D eigenvalue weighted by Gasteiger charge is 2.08. The van der Waals surface area contributed by atoms with Crippen molar-refractivity contribution in [3.05, 3.63) is 29.3 Å². The summed E-state index contributed by atoms with van der Waals surface area (Å²) in [5.41, 5.74) is 2.26. The first-order valence-corrected chi connectivity index (χ1v) is 5.65. The zero-order chi connectivity index (χ0) is 12.1. The fourth-order valence-corrected chi connectivity index (χ4v) is 1.54. The molecule has 90 valence electrons. The van der Waals surface area contributed by atoms with Crippen LogP contribution in [-0.2, 0) is 0 Å². The van der Waals surface area contributed by atoms with Crippen molar-refractivity contribution < 1.29 is 9.84 Å².